The van der Waals surface area contributed by atoms with Gasteiger partial charge in [0, 0.05) is 12.0 Å². The fraction of sp³-hybridized carbons (Fsp3) is 0.360. The van der Waals surface area contributed by atoms with Gasteiger partial charge in [0.05, 0.1) is 12.3 Å². The molecule has 0 N–H and O–H groups in total. The Hall–Kier alpha value is -2.60. The third kappa shape index (κ3) is 5.01. The van der Waals surface area contributed by atoms with Crippen molar-refractivity contribution in [2.45, 2.75) is 50.5 Å². The number of nitrogens with zero attached hydrogens (tertiary/aromatic N) is 1. The number of alkyl halides is 1. The number of hydrogen-bond donors (Lipinski definition) is 0. The first kappa shape index (κ1) is 21.6. The summed E-state index contributed by atoms with van der Waals surface area (Å²) in [7, 11) is 0. The minimum atomic E-state index is -0.249. The van der Waals surface area contributed by atoms with Crippen LogP contribution in [0.25, 0.3) is 11.5 Å². The second kappa shape index (κ2) is 9.69. The molecule has 3 aromatic rings. The molecule has 0 bridgehead atoms. The molecular weight excluding hydrogens is 458 g/mol. The zero-order valence-electron chi connectivity index (χ0n) is 17.8. The minimum Gasteiger partial charge on any atom is -0.493 e. The zero-order valence-corrected chi connectivity index (χ0v) is 19.4. The van der Waals surface area contributed by atoms with Crippen LogP contribution in [0, 0.1) is 6.92 Å². The van der Waals surface area contributed by atoms with Crippen LogP contribution in [0.2, 0.25) is 0 Å². The van der Waals surface area contributed by atoms with E-state index < -0.39 is 0 Å². The number of halogens is 1. The molecule has 0 aliphatic heterocycles. The summed E-state index contributed by atoms with van der Waals surface area (Å²) in [5, 5.41) is 0. The number of esters is 1. The van der Waals surface area contributed by atoms with E-state index in [0.717, 1.165) is 41.2 Å². The smallest absolute Gasteiger partial charge is 0.320 e. The predicted octanol–water partition coefficient (Wildman–Crippen LogP) is 5.98. The van der Waals surface area contributed by atoms with Crippen LogP contribution in [0.4, 0.5) is 0 Å². The number of aromatic nitrogens is 1. The van der Waals surface area contributed by atoms with Crippen LogP contribution in [0.15, 0.2) is 52.9 Å². The van der Waals surface area contributed by atoms with E-state index in [2.05, 4.69) is 27.0 Å². The molecule has 1 aliphatic carbocycles. The van der Waals surface area contributed by atoms with Gasteiger partial charge in [-0.2, -0.15) is 0 Å². The van der Waals surface area contributed by atoms with E-state index in [4.69, 9.17) is 13.9 Å². The molecule has 1 aliphatic rings. The molecule has 0 saturated carbocycles. The lowest BCUT2D eigenvalue weighted by Gasteiger charge is -2.16. The number of fused-ring (bicyclic) bond motifs is 1. The molecule has 1 aromatic heterocycles. The molecule has 162 valence electrons. The molecule has 1 heterocycles. The van der Waals surface area contributed by atoms with Crippen LogP contribution in [-0.4, -0.2) is 22.4 Å². The topological polar surface area (TPSA) is 61.6 Å². The lowest BCUT2D eigenvalue weighted by Crippen LogP contribution is -2.18. The average molecular weight is 484 g/mol. The third-order valence-electron chi connectivity index (χ3n) is 5.53. The first-order valence-corrected chi connectivity index (χ1v) is 11.6. The molecule has 4 rings (SSSR count). The van der Waals surface area contributed by atoms with Gasteiger partial charge in [-0.25, -0.2) is 4.98 Å². The van der Waals surface area contributed by atoms with Crippen LogP contribution >= 0.6 is 15.9 Å². The highest BCUT2D eigenvalue weighted by atomic mass is 79.9. The summed E-state index contributed by atoms with van der Waals surface area (Å²) in [4.78, 5) is 16.5. The molecule has 2 atom stereocenters. The van der Waals surface area contributed by atoms with Gasteiger partial charge in [0.25, 0.3) is 0 Å². The monoisotopic (exact) mass is 483 g/mol. The Morgan fingerprint density at radius 3 is 2.84 bits per heavy atom. The maximum atomic E-state index is 12.1. The van der Waals surface area contributed by atoms with Crippen molar-refractivity contribution in [2.24, 2.45) is 0 Å². The molecule has 5 nitrogen and oxygen atoms in total. The SMILES string of the molecule is CCC(Br)C(=O)OC1CCc2cc(OCCc3nc(-c4ccccc4)oc3C)ccc21. The Morgan fingerprint density at radius 1 is 1.26 bits per heavy atom. The quantitative estimate of drug-likeness (QED) is 0.291. The molecule has 0 radical (unpaired) electrons. The summed E-state index contributed by atoms with van der Waals surface area (Å²) in [6, 6.07) is 15.9. The summed E-state index contributed by atoms with van der Waals surface area (Å²) < 4.78 is 17.5. The van der Waals surface area contributed by atoms with E-state index in [1.54, 1.807) is 0 Å². The van der Waals surface area contributed by atoms with Crippen molar-refractivity contribution in [3.63, 3.8) is 0 Å². The number of carbonyl (C=O) groups excluding carboxylic acids is 1. The van der Waals surface area contributed by atoms with Gasteiger partial charge in [0.1, 0.15) is 22.4 Å². The summed E-state index contributed by atoms with van der Waals surface area (Å²) in [6.45, 7) is 4.40. The first-order chi connectivity index (χ1) is 15.0. The lowest BCUT2D eigenvalue weighted by atomic mass is 10.1. The third-order valence-corrected chi connectivity index (χ3v) is 6.55. The van der Waals surface area contributed by atoms with Crippen LogP contribution in [0.5, 0.6) is 5.75 Å². The summed E-state index contributed by atoms with van der Waals surface area (Å²) in [5.41, 5.74) is 4.14. The average Bonchev–Trinajstić information content (AvgIpc) is 3.37. The summed E-state index contributed by atoms with van der Waals surface area (Å²) in [6.07, 6.45) is 2.91. The number of benzene rings is 2. The van der Waals surface area contributed by atoms with Gasteiger partial charge < -0.3 is 13.9 Å². The van der Waals surface area contributed by atoms with E-state index in [9.17, 15) is 4.79 Å². The van der Waals surface area contributed by atoms with Gasteiger partial charge in [0.2, 0.25) is 5.89 Å². The van der Waals surface area contributed by atoms with Gasteiger partial charge in [-0.15, -0.1) is 0 Å². The molecule has 0 spiro atoms. The van der Waals surface area contributed by atoms with E-state index in [0.29, 0.717) is 25.3 Å². The Balaban J connectivity index is 1.35. The maximum Gasteiger partial charge on any atom is 0.320 e. The van der Waals surface area contributed by atoms with Crippen molar-refractivity contribution in [3.05, 3.63) is 71.1 Å². The van der Waals surface area contributed by atoms with Crippen molar-refractivity contribution < 1.29 is 18.7 Å². The summed E-state index contributed by atoms with van der Waals surface area (Å²) in [5.74, 6) is 2.08. The zero-order chi connectivity index (χ0) is 21.8. The number of rotatable bonds is 8. The maximum absolute atomic E-state index is 12.1. The Bertz CT molecular complexity index is 1050. The number of aryl methyl sites for hydroxylation is 2. The van der Waals surface area contributed by atoms with E-state index in [-0.39, 0.29) is 16.9 Å². The molecule has 2 aromatic carbocycles. The Kier molecular flexibility index (Phi) is 6.76. The van der Waals surface area contributed by atoms with Crippen LogP contribution in [0.3, 0.4) is 0 Å². The van der Waals surface area contributed by atoms with Gasteiger partial charge in [-0.1, -0.05) is 47.1 Å². The van der Waals surface area contributed by atoms with Crippen LogP contribution in [0.1, 0.15) is 48.5 Å². The van der Waals surface area contributed by atoms with E-state index in [1.807, 2.05) is 56.3 Å². The highest BCUT2D eigenvalue weighted by Crippen LogP contribution is 2.36. The van der Waals surface area contributed by atoms with Crippen molar-refractivity contribution in [2.75, 3.05) is 6.61 Å². The standard InChI is InChI=1S/C25H26BrNO4/c1-3-21(26)25(28)31-23-12-9-18-15-19(10-11-20(18)23)29-14-13-22-16(2)30-24(27-22)17-7-5-4-6-8-17/h4-8,10-11,15,21,23H,3,9,12-14H2,1-2H3. The molecule has 2 unspecified atom stereocenters. The van der Waals surface area contributed by atoms with Crippen molar-refractivity contribution in [1.82, 2.24) is 4.98 Å². The van der Waals surface area contributed by atoms with E-state index in [1.165, 1.54) is 5.56 Å². The highest BCUT2D eigenvalue weighted by Gasteiger charge is 2.28. The molecule has 6 heteroatoms. The van der Waals surface area contributed by atoms with Crippen LogP contribution < -0.4 is 4.74 Å². The Labute approximate surface area is 190 Å². The fourth-order valence-corrected chi connectivity index (χ4v) is 3.89. The Morgan fingerprint density at radius 2 is 2.06 bits per heavy atom. The second-order valence-electron chi connectivity index (χ2n) is 7.69. The number of hydrogen-bond acceptors (Lipinski definition) is 5. The van der Waals surface area contributed by atoms with Gasteiger partial charge in [-0.05, 0) is 61.6 Å². The molecule has 0 fully saturated rings. The van der Waals surface area contributed by atoms with Crippen LogP contribution in [-0.2, 0) is 22.4 Å². The number of oxazole rings is 1. The summed E-state index contributed by atoms with van der Waals surface area (Å²) >= 11 is 3.36. The lowest BCUT2D eigenvalue weighted by molar-refractivity contribution is -0.148. The van der Waals surface area contributed by atoms with Gasteiger partial charge in [0.15, 0.2) is 0 Å². The van der Waals surface area contributed by atoms with Gasteiger partial charge >= 0.3 is 5.97 Å². The molecule has 0 saturated heterocycles. The second-order valence-corrected chi connectivity index (χ2v) is 8.79. The van der Waals surface area contributed by atoms with Crippen molar-refractivity contribution >= 4 is 21.9 Å². The molecule has 0 amide bonds. The van der Waals surface area contributed by atoms with Crippen molar-refractivity contribution in [1.29, 1.82) is 0 Å². The first-order valence-electron chi connectivity index (χ1n) is 10.7. The molecule has 31 heavy (non-hydrogen) atoms. The fourth-order valence-electron chi connectivity index (χ4n) is 3.78. The minimum absolute atomic E-state index is 0.169. The van der Waals surface area contributed by atoms with E-state index >= 15 is 0 Å². The number of ether oxygens (including phenoxy) is 2. The normalized spacial score (nSPS) is 16.0. The number of carbonyl (C=O) groups is 1. The highest BCUT2D eigenvalue weighted by molar-refractivity contribution is 9.10. The predicted molar refractivity (Wildman–Crippen MR) is 122 cm³/mol. The largest absolute Gasteiger partial charge is 0.493 e. The van der Waals surface area contributed by atoms with Crippen molar-refractivity contribution in [3.8, 4) is 17.2 Å². The van der Waals surface area contributed by atoms with Gasteiger partial charge in [-0.3, -0.25) is 4.79 Å². The molecular formula is C25H26BrNO4.